The zero-order chi connectivity index (χ0) is 18.8. The lowest BCUT2D eigenvalue weighted by Crippen LogP contribution is -2.13. The molecule has 6 nitrogen and oxygen atoms in total. The van der Waals surface area contributed by atoms with E-state index in [0.29, 0.717) is 24.7 Å². The molecule has 0 spiro atoms. The summed E-state index contributed by atoms with van der Waals surface area (Å²) in [7, 11) is 0. The number of ether oxygens (including phenoxy) is 2. The van der Waals surface area contributed by atoms with Gasteiger partial charge in [0.05, 0.1) is 18.4 Å². The molecule has 0 saturated carbocycles. The fourth-order valence-electron chi connectivity index (χ4n) is 3.01. The number of furan rings is 1. The van der Waals surface area contributed by atoms with Gasteiger partial charge in [0.1, 0.15) is 17.3 Å². The molecular weight excluding hydrogens is 369 g/mol. The van der Waals surface area contributed by atoms with Gasteiger partial charge in [0, 0.05) is 23.4 Å². The summed E-state index contributed by atoms with van der Waals surface area (Å²) in [6.45, 7) is 6.78. The average Bonchev–Trinajstić information content (AvgIpc) is 3.25. The van der Waals surface area contributed by atoms with E-state index in [1.165, 1.54) is 23.9 Å². The molecule has 0 fully saturated rings. The minimum Gasteiger partial charge on any atom is -0.469 e. The minimum absolute atomic E-state index is 0.173. The molecular formula is C19H18FN3O3S. The Hall–Kier alpha value is -2.58. The Bertz CT molecular complexity index is 983. The van der Waals surface area contributed by atoms with Crippen LogP contribution in [0.25, 0.3) is 11.4 Å². The third-order valence-electron chi connectivity index (χ3n) is 4.24. The number of thioether (sulfide) groups is 1. The largest absolute Gasteiger partial charge is 0.469 e. The molecule has 1 aliphatic rings. The van der Waals surface area contributed by atoms with Crippen LogP contribution < -0.4 is 4.74 Å². The van der Waals surface area contributed by atoms with Gasteiger partial charge in [-0.25, -0.2) is 4.39 Å². The summed E-state index contributed by atoms with van der Waals surface area (Å²) in [6, 6.07) is 4.80. The molecule has 0 atom stereocenters. The predicted molar refractivity (Wildman–Crippen MR) is 98.9 cm³/mol. The van der Waals surface area contributed by atoms with Gasteiger partial charge in [-0.05, 0) is 25.1 Å². The zero-order valence-corrected chi connectivity index (χ0v) is 15.6. The molecule has 1 aliphatic heterocycles. The number of rotatable bonds is 6. The molecule has 27 heavy (non-hydrogen) atoms. The van der Waals surface area contributed by atoms with Gasteiger partial charge in [-0.1, -0.05) is 17.8 Å². The van der Waals surface area contributed by atoms with Gasteiger partial charge in [-0.15, -0.1) is 16.8 Å². The van der Waals surface area contributed by atoms with Crippen LogP contribution in [0.3, 0.4) is 0 Å². The Balaban J connectivity index is 1.63. The first-order valence-electron chi connectivity index (χ1n) is 8.40. The summed E-state index contributed by atoms with van der Waals surface area (Å²) < 4.78 is 32.1. The highest BCUT2D eigenvalue weighted by molar-refractivity contribution is 7.98. The molecule has 3 aromatic rings. The number of hydrogen-bond acceptors (Lipinski definition) is 6. The van der Waals surface area contributed by atoms with Crippen LogP contribution in [-0.2, 0) is 23.6 Å². The number of aromatic nitrogens is 3. The Morgan fingerprint density at radius 1 is 1.37 bits per heavy atom. The lowest BCUT2D eigenvalue weighted by Gasteiger charge is -2.20. The number of allylic oxidation sites excluding steroid dienone is 1. The lowest BCUT2D eigenvalue weighted by molar-refractivity contribution is -0.0171. The monoisotopic (exact) mass is 387 g/mol. The summed E-state index contributed by atoms with van der Waals surface area (Å²) in [5, 5.41) is 9.34. The summed E-state index contributed by atoms with van der Waals surface area (Å²) >= 11 is 1.47. The van der Waals surface area contributed by atoms with E-state index in [2.05, 4.69) is 16.8 Å². The number of benzene rings is 1. The normalized spacial score (nSPS) is 13.3. The van der Waals surface area contributed by atoms with Crippen molar-refractivity contribution in [3.8, 4) is 17.1 Å². The van der Waals surface area contributed by atoms with Crippen molar-refractivity contribution in [2.75, 3.05) is 6.79 Å². The quantitative estimate of drug-likeness (QED) is 0.463. The molecule has 0 amide bonds. The second kappa shape index (κ2) is 7.58. The van der Waals surface area contributed by atoms with Gasteiger partial charge in [-0.2, -0.15) is 0 Å². The fraction of sp³-hybridized carbons (Fsp3) is 0.263. The molecule has 0 radical (unpaired) electrons. The van der Waals surface area contributed by atoms with Crippen molar-refractivity contribution in [1.82, 2.24) is 14.8 Å². The summed E-state index contributed by atoms with van der Waals surface area (Å²) in [5.74, 6) is 2.38. The van der Waals surface area contributed by atoms with E-state index in [1.807, 2.05) is 17.6 Å². The molecule has 8 heteroatoms. The second-order valence-electron chi connectivity index (χ2n) is 6.05. The van der Waals surface area contributed by atoms with Gasteiger partial charge in [0.2, 0.25) is 0 Å². The maximum absolute atomic E-state index is 13.9. The molecule has 0 aliphatic carbocycles. The van der Waals surface area contributed by atoms with Crippen molar-refractivity contribution < 1.29 is 18.3 Å². The molecule has 140 valence electrons. The Morgan fingerprint density at radius 3 is 3.04 bits per heavy atom. The topological polar surface area (TPSA) is 62.3 Å². The first-order valence-corrected chi connectivity index (χ1v) is 9.39. The van der Waals surface area contributed by atoms with E-state index in [9.17, 15) is 4.39 Å². The predicted octanol–water partition coefficient (Wildman–Crippen LogP) is 4.33. The highest BCUT2D eigenvalue weighted by atomic mass is 32.2. The minimum atomic E-state index is -0.305. The average molecular weight is 387 g/mol. The van der Waals surface area contributed by atoms with Crippen LogP contribution in [0.1, 0.15) is 16.9 Å². The van der Waals surface area contributed by atoms with E-state index >= 15 is 0 Å². The number of hydrogen-bond donors (Lipinski definition) is 0. The van der Waals surface area contributed by atoms with Crippen LogP contribution in [-0.4, -0.2) is 21.6 Å². The Morgan fingerprint density at radius 2 is 2.26 bits per heavy atom. The van der Waals surface area contributed by atoms with Gasteiger partial charge in [-0.3, -0.25) is 4.57 Å². The first-order chi connectivity index (χ1) is 13.2. The summed E-state index contributed by atoms with van der Waals surface area (Å²) in [4.78, 5) is 0. The molecule has 2 aromatic heterocycles. The zero-order valence-electron chi connectivity index (χ0n) is 14.8. The van der Waals surface area contributed by atoms with E-state index in [1.54, 1.807) is 12.3 Å². The standard InChI is InChI=1S/C19H18FN3O3S/c1-3-5-23-18(16-4-6-25-12(16)2)21-22-19(23)27-10-14-8-15(20)7-13-9-24-11-26-17(13)14/h3-4,6-8H,1,5,9-11H2,2H3. The molecule has 0 bridgehead atoms. The van der Waals surface area contributed by atoms with E-state index in [-0.39, 0.29) is 12.6 Å². The van der Waals surface area contributed by atoms with E-state index in [4.69, 9.17) is 13.9 Å². The van der Waals surface area contributed by atoms with Gasteiger partial charge in [0.15, 0.2) is 17.8 Å². The third-order valence-corrected chi connectivity index (χ3v) is 5.25. The molecule has 0 unspecified atom stereocenters. The highest BCUT2D eigenvalue weighted by Gasteiger charge is 2.20. The SMILES string of the molecule is C=CCn1c(SCc2cc(F)cc3c2OCOC3)nnc1-c1ccoc1C. The number of fused-ring (bicyclic) bond motifs is 1. The molecule has 1 aromatic carbocycles. The van der Waals surface area contributed by atoms with Crippen LogP contribution in [0.4, 0.5) is 4.39 Å². The summed E-state index contributed by atoms with van der Waals surface area (Å²) in [6.07, 6.45) is 3.42. The Kier molecular flexibility index (Phi) is 5.00. The van der Waals surface area contributed by atoms with Crippen molar-refractivity contribution >= 4 is 11.8 Å². The van der Waals surface area contributed by atoms with Crippen LogP contribution >= 0.6 is 11.8 Å². The van der Waals surface area contributed by atoms with Crippen molar-refractivity contribution in [2.45, 2.75) is 31.0 Å². The molecule has 3 heterocycles. The van der Waals surface area contributed by atoms with Gasteiger partial charge in [0.25, 0.3) is 0 Å². The van der Waals surface area contributed by atoms with Crippen LogP contribution in [0.5, 0.6) is 5.75 Å². The van der Waals surface area contributed by atoms with E-state index < -0.39 is 0 Å². The number of halogens is 1. The van der Waals surface area contributed by atoms with Gasteiger partial charge >= 0.3 is 0 Å². The van der Waals surface area contributed by atoms with Crippen molar-refractivity contribution in [1.29, 1.82) is 0 Å². The van der Waals surface area contributed by atoms with Crippen molar-refractivity contribution in [3.05, 3.63) is 59.8 Å². The third kappa shape index (κ3) is 3.50. The van der Waals surface area contributed by atoms with E-state index in [0.717, 1.165) is 33.4 Å². The first kappa shape index (κ1) is 17.8. The van der Waals surface area contributed by atoms with Crippen LogP contribution in [0, 0.1) is 12.7 Å². The maximum Gasteiger partial charge on any atom is 0.192 e. The fourth-order valence-corrected chi connectivity index (χ4v) is 3.93. The van der Waals surface area contributed by atoms with Crippen molar-refractivity contribution in [3.63, 3.8) is 0 Å². The molecule has 0 saturated heterocycles. The number of aryl methyl sites for hydroxylation is 1. The van der Waals surface area contributed by atoms with Crippen molar-refractivity contribution in [2.24, 2.45) is 0 Å². The smallest absolute Gasteiger partial charge is 0.192 e. The lowest BCUT2D eigenvalue weighted by atomic mass is 10.1. The summed E-state index contributed by atoms with van der Waals surface area (Å²) in [5.41, 5.74) is 2.38. The second-order valence-corrected chi connectivity index (χ2v) is 6.99. The maximum atomic E-state index is 13.9. The van der Waals surface area contributed by atoms with Crippen LogP contribution in [0.2, 0.25) is 0 Å². The van der Waals surface area contributed by atoms with Crippen LogP contribution in [0.15, 0.2) is 46.7 Å². The molecule has 4 rings (SSSR count). The Labute approximate surface area is 160 Å². The molecule has 0 N–H and O–H groups in total. The van der Waals surface area contributed by atoms with Gasteiger partial charge < -0.3 is 13.9 Å². The number of nitrogens with zero attached hydrogens (tertiary/aromatic N) is 3. The highest BCUT2D eigenvalue weighted by Crippen LogP contribution is 2.34.